The number of aryl methyl sites for hydroxylation is 3. The summed E-state index contributed by atoms with van der Waals surface area (Å²) in [5, 5.41) is 0. The number of halogens is 1. The minimum atomic E-state index is -0.766. The van der Waals surface area contributed by atoms with Gasteiger partial charge in [-0.3, -0.25) is 20.4 Å². The molecule has 0 radical (unpaired) electrons. The van der Waals surface area contributed by atoms with Crippen LogP contribution in [0.25, 0.3) is 0 Å². The van der Waals surface area contributed by atoms with Crippen LogP contribution in [0.1, 0.15) is 30.5 Å². The van der Waals surface area contributed by atoms with Gasteiger partial charge in [0.2, 0.25) is 0 Å². The van der Waals surface area contributed by atoms with Crippen LogP contribution in [0.2, 0.25) is 0 Å². The molecule has 0 aliphatic rings. The fourth-order valence-electron chi connectivity index (χ4n) is 2.37. The zero-order valence-corrected chi connectivity index (χ0v) is 18.1. The first kappa shape index (κ1) is 21.8. The largest absolute Gasteiger partial charge is 0.483 e. The van der Waals surface area contributed by atoms with Gasteiger partial charge in [-0.25, -0.2) is 0 Å². The molecule has 28 heavy (non-hydrogen) atoms. The number of hydrogen-bond acceptors (Lipinski definition) is 4. The molecule has 2 aromatic carbocycles. The predicted molar refractivity (Wildman–Crippen MR) is 111 cm³/mol. The maximum atomic E-state index is 12.1. The maximum absolute atomic E-state index is 12.1. The third-order valence-electron chi connectivity index (χ3n) is 4.11. The van der Waals surface area contributed by atoms with E-state index in [2.05, 4.69) is 33.7 Å². The summed E-state index contributed by atoms with van der Waals surface area (Å²) in [4.78, 5) is 24.1. The first-order chi connectivity index (χ1) is 13.3. The molecule has 0 aromatic heterocycles. The van der Waals surface area contributed by atoms with E-state index in [1.807, 2.05) is 44.2 Å². The molecular formula is C21H25BrN2O4. The Bertz CT molecular complexity index is 854. The molecule has 1 atom stereocenters. The quantitative estimate of drug-likeness (QED) is 0.634. The highest BCUT2D eigenvalue weighted by Gasteiger charge is 2.16. The number of carbonyl (C=O) groups is 2. The van der Waals surface area contributed by atoms with E-state index >= 15 is 0 Å². The zero-order chi connectivity index (χ0) is 20.7. The second-order valence-corrected chi connectivity index (χ2v) is 7.33. The minimum Gasteiger partial charge on any atom is -0.483 e. The van der Waals surface area contributed by atoms with Crippen LogP contribution in [-0.4, -0.2) is 24.5 Å². The van der Waals surface area contributed by atoms with Crippen molar-refractivity contribution in [3.05, 3.63) is 57.6 Å². The maximum Gasteiger partial charge on any atom is 0.279 e. The predicted octanol–water partition coefficient (Wildman–Crippen LogP) is 3.62. The number of nitrogens with one attached hydrogen (secondary N) is 2. The molecule has 2 rings (SSSR count). The van der Waals surface area contributed by atoms with Gasteiger partial charge in [-0.05, 0) is 78.0 Å². The van der Waals surface area contributed by atoms with Crippen LogP contribution in [0.4, 0.5) is 0 Å². The van der Waals surface area contributed by atoms with Crippen LogP contribution in [0.15, 0.2) is 40.9 Å². The molecule has 1 unspecified atom stereocenters. The van der Waals surface area contributed by atoms with Crippen molar-refractivity contribution in [3.63, 3.8) is 0 Å². The third-order valence-corrected chi connectivity index (χ3v) is 4.72. The Labute approximate surface area is 173 Å². The summed E-state index contributed by atoms with van der Waals surface area (Å²) in [5.74, 6) is 0.268. The topological polar surface area (TPSA) is 76.7 Å². The molecule has 0 bridgehead atoms. The molecule has 0 spiro atoms. The van der Waals surface area contributed by atoms with Crippen molar-refractivity contribution in [1.29, 1.82) is 0 Å². The van der Waals surface area contributed by atoms with Gasteiger partial charge >= 0.3 is 0 Å². The number of hydrogen-bond donors (Lipinski definition) is 2. The first-order valence-electron chi connectivity index (χ1n) is 9.04. The van der Waals surface area contributed by atoms with Crippen LogP contribution < -0.4 is 20.3 Å². The van der Waals surface area contributed by atoms with Gasteiger partial charge in [0.25, 0.3) is 11.8 Å². The smallest absolute Gasteiger partial charge is 0.279 e. The molecule has 2 N–H and O–H groups in total. The summed E-state index contributed by atoms with van der Waals surface area (Å²) in [5.41, 5.74) is 7.81. The lowest BCUT2D eigenvalue weighted by molar-refractivity contribution is -0.133. The summed E-state index contributed by atoms with van der Waals surface area (Å²) >= 11 is 3.42. The van der Waals surface area contributed by atoms with Gasteiger partial charge in [0, 0.05) is 0 Å². The molecule has 7 heteroatoms. The van der Waals surface area contributed by atoms with Gasteiger partial charge in [0.1, 0.15) is 11.5 Å². The standard InChI is InChI=1S/C21H25BrN2O4/c1-5-16-8-9-18(17(22)11-16)27-12-20(25)23-24-21(26)15(4)28-19-10-13(2)6-7-14(19)3/h6-11,15H,5,12H2,1-4H3,(H,23,25)(H,24,26). The average Bonchev–Trinajstić information content (AvgIpc) is 2.67. The Morgan fingerprint density at radius 2 is 1.82 bits per heavy atom. The van der Waals surface area contributed by atoms with Gasteiger partial charge in [-0.15, -0.1) is 0 Å². The van der Waals surface area contributed by atoms with Crippen molar-refractivity contribution in [3.8, 4) is 11.5 Å². The average molecular weight is 449 g/mol. The fraction of sp³-hybridized carbons (Fsp3) is 0.333. The number of hydrazine groups is 1. The lowest BCUT2D eigenvalue weighted by atomic mass is 10.1. The highest BCUT2D eigenvalue weighted by Crippen LogP contribution is 2.26. The van der Waals surface area contributed by atoms with E-state index in [1.165, 1.54) is 0 Å². The second kappa shape index (κ2) is 10.1. The normalized spacial score (nSPS) is 11.5. The van der Waals surface area contributed by atoms with Crippen molar-refractivity contribution in [1.82, 2.24) is 10.9 Å². The highest BCUT2D eigenvalue weighted by atomic mass is 79.9. The van der Waals surface area contributed by atoms with Gasteiger partial charge in [-0.1, -0.05) is 25.1 Å². The van der Waals surface area contributed by atoms with Crippen molar-refractivity contribution in [2.24, 2.45) is 0 Å². The fourth-order valence-corrected chi connectivity index (χ4v) is 2.91. The lowest BCUT2D eigenvalue weighted by Crippen LogP contribution is -2.48. The van der Waals surface area contributed by atoms with Crippen molar-refractivity contribution in [2.75, 3.05) is 6.61 Å². The molecular weight excluding hydrogens is 424 g/mol. The number of carbonyl (C=O) groups excluding carboxylic acids is 2. The van der Waals surface area contributed by atoms with Crippen LogP contribution in [-0.2, 0) is 16.0 Å². The number of amides is 2. The highest BCUT2D eigenvalue weighted by molar-refractivity contribution is 9.10. The second-order valence-electron chi connectivity index (χ2n) is 6.47. The van der Waals surface area contributed by atoms with E-state index in [4.69, 9.17) is 9.47 Å². The van der Waals surface area contributed by atoms with Gasteiger partial charge in [0.05, 0.1) is 4.47 Å². The molecule has 150 valence electrons. The Balaban J connectivity index is 1.80. The van der Waals surface area contributed by atoms with Crippen LogP contribution in [0.3, 0.4) is 0 Å². The summed E-state index contributed by atoms with van der Waals surface area (Å²) < 4.78 is 11.9. The number of benzene rings is 2. The minimum absolute atomic E-state index is 0.226. The molecule has 2 aromatic rings. The van der Waals surface area contributed by atoms with E-state index in [9.17, 15) is 9.59 Å². The SMILES string of the molecule is CCc1ccc(OCC(=O)NNC(=O)C(C)Oc2cc(C)ccc2C)c(Br)c1. The van der Waals surface area contributed by atoms with Crippen LogP contribution in [0.5, 0.6) is 11.5 Å². The molecule has 0 fully saturated rings. The van der Waals surface area contributed by atoms with E-state index in [0.29, 0.717) is 11.5 Å². The van der Waals surface area contributed by atoms with Gasteiger partial charge in [0.15, 0.2) is 12.7 Å². The van der Waals surface area contributed by atoms with Crippen molar-refractivity contribution >= 4 is 27.7 Å². The van der Waals surface area contributed by atoms with Crippen LogP contribution >= 0.6 is 15.9 Å². The summed E-state index contributed by atoms with van der Waals surface area (Å²) in [7, 11) is 0. The van der Waals surface area contributed by atoms with E-state index in [-0.39, 0.29) is 6.61 Å². The van der Waals surface area contributed by atoms with Gasteiger partial charge < -0.3 is 9.47 Å². The molecule has 0 heterocycles. The van der Waals surface area contributed by atoms with E-state index in [1.54, 1.807) is 13.0 Å². The number of rotatable bonds is 7. The summed E-state index contributed by atoms with van der Waals surface area (Å²) in [6.07, 6.45) is 0.144. The van der Waals surface area contributed by atoms with Crippen LogP contribution in [0, 0.1) is 13.8 Å². The Hall–Kier alpha value is -2.54. The monoisotopic (exact) mass is 448 g/mol. The lowest BCUT2D eigenvalue weighted by Gasteiger charge is -2.17. The summed E-state index contributed by atoms with van der Waals surface area (Å²) in [6.45, 7) is 7.31. The van der Waals surface area contributed by atoms with E-state index in [0.717, 1.165) is 27.6 Å². The molecule has 0 saturated carbocycles. The number of ether oxygens (including phenoxy) is 2. The molecule has 0 aliphatic carbocycles. The molecule has 6 nitrogen and oxygen atoms in total. The summed E-state index contributed by atoms with van der Waals surface area (Å²) in [6, 6.07) is 11.5. The van der Waals surface area contributed by atoms with Crippen molar-refractivity contribution < 1.29 is 19.1 Å². The Kier molecular flexibility index (Phi) is 7.87. The first-order valence-corrected chi connectivity index (χ1v) is 9.83. The van der Waals surface area contributed by atoms with Gasteiger partial charge in [-0.2, -0.15) is 0 Å². The molecule has 0 saturated heterocycles. The third kappa shape index (κ3) is 6.27. The molecule has 2 amide bonds. The zero-order valence-electron chi connectivity index (χ0n) is 16.5. The Morgan fingerprint density at radius 3 is 2.50 bits per heavy atom. The Morgan fingerprint density at radius 1 is 1.07 bits per heavy atom. The molecule has 0 aliphatic heterocycles. The van der Waals surface area contributed by atoms with Crippen molar-refractivity contribution in [2.45, 2.75) is 40.2 Å². The van der Waals surface area contributed by atoms with E-state index < -0.39 is 17.9 Å².